The third-order valence-corrected chi connectivity index (χ3v) is 7.77. The van der Waals surface area contributed by atoms with Gasteiger partial charge in [-0.15, -0.1) is 0 Å². The number of anilines is 1. The van der Waals surface area contributed by atoms with Gasteiger partial charge in [-0.05, 0) is 87.4 Å². The van der Waals surface area contributed by atoms with Crippen molar-refractivity contribution in [3.05, 3.63) is 81.2 Å². The predicted octanol–water partition coefficient (Wildman–Crippen LogP) is 6.03. The Morgan fingerprint density at radius 3 is 2.38 bits per heavy atom. The molecule has 1 fully saturated rings. The molecule has 0 saturated heterocycles. The normalized spacial score (nSPS) is 17.5. The van der Waals surface area contributed by atoms with Crippen molar-refractivity contribution in [3.63, 3.8) is 0 Å². The Kier molecular flexibility index (Phi) is 9.41. The van der Waals surface area contributed by atoms with Crippen molar-refractivity contribution in [2.24, 2.45) is 5.92 Å². The first-order valence-corrected chi connectivity index (χ1v) is 13.6. The van der Waals surface area contributed by atoms with E-state index in [2.05, 4.69) is 11.4 Å². The summed E-state index contributed by atoms with van der Waals surface area (Å²) in [5.74, 6) is 0.144. The van der Waals surface area contributed by atoms with Crippen molar-refractivity contribution >= 4 is 29.0 Å². The van der Waals surface area contributed by atoms with Crippen LogP contribution in [0.15, 0.2) is 59.5 Å². The quantitative estimate of drug-likeness (QED) is 0.319. The van der Waals surface area contributed by atoms with Crippen LogP contribution in [0.3, 0.4) is 0 Å². The molecule has 208 valence electrons. The summed E-state index contributed by atoms with van der Waals surface area (Å²) in [6.45, 7) is 1.48. The van der Waals surface area contributed by atoms with Crippen molar-refractivity contribution in [3.8, 4) is 22.9 Å². The van der Waals surface area contributed by atoms with Crippen molar-refractivity contribution in [1.82, 2.24) is 4.57 Å². The lowest BCUT2D eigenvalue weighted by atomic mass is 9.83. The number of ether oxygens (including phenoxy) is 2. The molecule has 0 bridgehead atoms. The van der Waals surface area contributed by atoms with Gasteiger partial charge in [-0.2, -0.15) is 5.26 Å². The van der Waals surface area contributed by atoms with Gasteiger partial charge >= 0.3 is 0 Å². The number of amides is 1. The molecular formula is C31H32ClN3O5. The van der Waals surface area contributed by atoms with Gasteiger partial charge in [0.15, 0.2) is 5.78 Å². The number of carbonyl (C=O) groups is 2. The van der Waals surface area contributed by atoms with Gasteiger partial charge in [-0.1, -0.05) is 11.6 Å². The number of nitriles is 1. The SMILES string of the molecule is COc1cn(C(CC2CCC(OC)CC2)C(=O)Nc2ccc(C(C)=O)cc2)c(=O)cc1-c1cc(Cl)ccc1C#N. The molecule has 40 heavy (non-hydrogen) atoms. The number of hydrogen-bond acceptors (Lipinski definition) is 6. The van der Waals surface area contributed by atoms with E-state index in [0.717, 1.165) is 25.7 Å². The zero-order valence-corrected chi connectivity index (χ0v) is 23.5. The van der Waals surface area contributed by atoms with Crippen LogP contribution in [0.5, 0.6) is 5.75 Å². The minimum atomic E-state index is -0.818. The molecular weight excluding hydrogens is 530 g/mol. The predicted molar refractivity (Wildman–Crippen MR) is 154 cm³/mol. The largest absolute Gasteiger partial charge is 0.495 e. The van der Waals surface area contributed by atoms with Gasteiger partial charge in [0.2, 0.25) is 5.91 Å². The number of pyridine rings is 1. The zero-order valence-electron chi connectivity index (χ0n) is 22.8. The van der Waals surface area contributed by atoms with Crippen LogP contribution in [0.2, 0.25) is 5.02 Å². The molecule has 1 aromatic heterocycles. The summed E-state index contributed by atoms with van der Waals surface area (Å²) in [6, 6.07) is 14.2. The second kappa shape index (κ2) is 12.9. The van der Waals surface area contributed by atoms with E-state index in [0.29, 0.717) is 45.1 Å². The van der Waals surface area contributed by atoms with Crippen LogP contribution >= 0.6 is 11.6 Å². The molecule has 1 atom stereocenters. The van der Waals surface area contributed by atoms with Crippen LogP contribution in [-0.4, -0.2) is 36.6 Å². The molecule has 0 spiro atoms. The van der Waals surface area contributed by atoms with Crippen LogP contribution in [0.25, 0.3) is 11.1 Å². The van der Waals surface area contributed by atoms with E-state index >= 15 is 0 Å². The second-order valence-electron chi connectivity index (χ2n) is 10.1. The Labute approximate surface area is 238 Å². The number of benzene rings is 2. The standard InChI is InChI=1S/C31H32ClN3O5/c1-19(36)21-7-10-24(11-8-21)34-31(38)28(14-20-4-12-25(39-2)13-5-20)35-18-29(40-3)27(16-30(35)37)26-15-23(32)9-6-22(26)17-33/h6-11,15-16,18,20,25,28H,4-5,12-14H2,1-3H3,(H,34,38). The Morgan fingerprint density at radius 2 is 1.77 bits per heavy atom. The van der Waals surface area contributed by atoms with Crippen LogP contribution in [0.1, 0.15) is 61.0 Å². The summed E-state index contributed by atoms with van der Waals surface area (Å²) in [4.78, 5) is 38.9. The highest BCUT2D eigenvalue weighted by atomic mass is 35.5. The lowest BCUT2D eigenvalue weighted by molar-refractivity contribution is -0.120. The summed E-state index contributed by atoms with van der Waals surface area (Å²) in [7, 11) is 3.19. The number of ketones is 1. The van der Waals surface area contributed by atoms with Crippen LogP contribution < -0.4 is 15.6 Å². The summed E-state index contributed by atoms with van der Waals surface area (Å²) < 4.78 is 12.6. The third kappa shape index (κ3) is 6.61. The van der Waals surface area contributed by atoms with E-state index in [1.807, 2.05) is 0 Å². The number of rotatable bonds is 9. The summed E-state index contributed by atoms with van der Waals surface area (Å²) in [5.41, 5.74) is 1.90. The summed E-state index contributed by atoms with van der Waals surface area (Å²) >= 11 is 6.20. The van der Waals surface area contributed by atoms with E-state index in [4.69, 9.17) is 21.1 Å². The van der Waals surface area contributed by atoms with Gasteiger partial charge in [0, 0.05) is 40.6 Å². The first-order chi connectivity index (χ1) is 19.2. The van der Waals surface area contributed by atoms with Crippen molar-refractivity contribution in [2.45, 2.75) is 51.2 Å². The number of hydrogen-bond donors (Lipinski definition) is 1. The molecule has 1 aliphatic rings. The molecule has 1 N–H and O–H groups in total. The molecule has 9 heteroatoms. The molecule has 0 aliphatic heterocycles. The van der Waals surface area contributed by atoms with Crippen LogP contribution in [0, 0.1) is 17.2 Å². The van der Waals surface area contributed by atoms with E-state index < -0.39 is 11.6 Å². The smallest absolute Gasteiger partial charge is 0.252 e. The van der Waals surface area contributed by atoms with E-state index in [9.17, 15) is 19.6 Å². The third-order valence-electron chi connectivity index (χ3n) is 7.54. The molecule has 1 unspecified atom stereocenters. The lowest BCUT2D eigenvalue weighted by Gasteiger charge is -2.30. The molecule has 0 radical (unpaired) electrons. The van der Waals surface area contributed by atoms with Crippen molar-refractivity contribution < 1.29 is 19.1 Å². The van der Waals surface area contributed by atoms with Gasteiger partial charge in [-0.25, -0.2) is 0 Å². The Bertz CT molecular complexity index is 1480. The van der Waals surface area contributed by atoms with Crippen molar-refractivity contribution in [1.29, 1.82) is 5.26 Å². The first kappa shape index (κ1) is 29.1. The summed E-state index contributed by atoms with van der Waals surface area (Å²) in [5, 5.41) is 13.0. The van der Waals surface area contributed by atoms with E-state index in [-0.39, 0.29) is 23.7 Å². The lowest BCUT2D eigenvalue weighted by Crippen LogP contribution is -2.35. The average molecular weight is 562 g/mol. The fraction of sp³-hybridized carbons (Fsp3) is 0.355. The van der Waals surface area contributed by atoms with Crippen LogP contribution in [0.4, 0.5) is 5.69 Å². The molecule has 1 amide bonds. The highest BCUT2D eigenvalue weighted by Gasteiger charge is 2.30. The first-order valence-electron chi connectivity index (χ1n) is 13.2. The minimum absolute atomic E-state index is 0.0691. The van der Waals surface area contributed by atoms with E-state index in [1.165, 1.54) is 30.9 Å². The molecule has 3 aromatic rings. The Morgan fingerprint density at radius 1 is 1.07 bits per heavy atom. The highest BCUT2D eigenvalue weighted by molar-refractivity contribution is 6.31. The van der Waals surface area contributed by atoms with Gasteiger partial charge in [0.25, 0.3) is 5.56 Å². The molecule has 1 heterocycles. The Balaban J connectivity index is 1.72. The molecule has 4 rings (SSSR count). The number of aromatic nitrogens is 1. The van der Waals surface area contributed by atoms with E-state index in [1.54, 1.807) is 49.6 Å². The second-order valence-corrected chi connectivity index (χ2v) is 10.5. The Hall–Kier alpha value is -3.93. The molecule has 1 saturated carbocycles. The number of halogens is 1. The number of nitrogens with one attached hydrogen (secondary N) is 1. The number of nitrogens with zero attached hydrogens (tertiary/aromatic N) is 2. The number of carbonyl (C=O) groups excluding carboxylic acids is 2. The molecule has 8 nitrogen and oxygen atoms in total. The van der Waals surface area contributed by atoms with Gasteiger partial charge in [0.1, 0.15) is 11.8 Å². The maximum Gasteiger partial charge on any atom is 0.252 e. The summed E-state index contributed by atoms with van der Waals surface area (Å²) in [6.07, 6.45) is 5.75. The zero-order chi connectivity index (χ0) is 28.8. The van der Waals surface area contributed by atoms with Crippen LogP contribution in [-0.2, 0) is 9.53 Å². The topological polar surface area (TPSA) is 110 Å². The fourth-order valence-electron chi connectivity index (χ4n) is 5.26. The fourth-order valence-corrected chi connectivity index (χ4v) is 5.43. The minimum Gasteiger partial charge on any atom is -0.495 e. The number of methoxy groups -OCH3 is 2. The highest BCUT2D eigenvalue weighted by Crippen LogP contribution is 2.36. The average Bonchev–Trinajstić information content (AvgIpc) is 2.96. The van der Waals surface area contributed by atoms with Gasteiger partial charge in [0.05, 0.1) is 31.0 Å². The van der Waals surface area contributed by atoms with Crippen molar-refractivity contribution in [2.75, 3.05) is 19.5 Å². The number of Topliss-reactive ketones (excluding diaryl/α,β-unsaturated/α-hetero) is 1. The van der Waals surface area contributed by atoms with Gasteiger partial charge in [-0.3, -0.25) is 19.0 Å². The maximum absolute atomic E-state index is 13.7. The monoisotopic (exact) mass is 561 g/mol. The van der Waals surface area contributed by atoms with Gasteiger partial charge < -0.3 is 14.8 Å². The molecule has 1 aliphatic carbocycles. The molecule has 2 aromatic carbocycles. The maximum atomic E-state index is 13.7.